The number of benzene rings is 2. The molecule has 0 amide bonds. The molecule has 11 heteroatoms. The molecule has 0 radical (unpaired) electrons. The molecule has 1 N–H and O–H groups in total. The summed E-state index contributed by atoms with van der Waals surface area (Å²) in [5.41, 5.74) is -0.125. The molecule has 2 heterocycles. The standard InChI is InChI=1S/C21H23F3N4O3S/c22-21(23,24)16-6-8-17(9-7-16)32(29,30)25-10-3-11-27-12-14-28(15-13-27)20-18-4-1-2-5-19(18)31-26-20/h1-2,4-9,25H,3,10-15H2. The number of piperazine rings is 1. The van der Waals surface area contributed by atoms with Gasteiger partial charge in [-0.3, -0.25) is 4.90 Å². The van der Waals surface area contributed by atoms with Gasteiger partial charge >= 0.3 is 6.18 Å². The molecule has 32 heavy (non-hydrogen) atoms. The van der Waals surface area contributed by atoms with E-state index in [-0.39, 0.29) is 11.4 Å². The van der Waals surface area contributed by atoms with Crippen LogP contribution >= 0.6 is 0 Å². The number of sulfonamides is 1. The highest BCUT2D eigenvalue weighted by atomic mass is 32.2. The van der Waals surface area contributed by atoms with Gasteiger partial charge in [-0.1, -0.05) is 17.3 Å². The second-order valence-electron chi connectivity index (χ2n) is 7.60. The van der Waals surface area contributed by atoms with Gasteiger partial charge in [-0.2, -0.15) is 13.2 Å². The quantitative estimate of drug-likeness (QED) is 0.536. The number of alkyl halides is 3. The molecule has 3 aromatic rings. The Labute approximate surface area is 183 Å². The number of nitrogens with zero attached hydrogens (tertiary/aromatic N) is 3. The van der Waals surface area contributed by atoms with Crippen LogP contribution in [0.4, 0.5) is 19.0 Å². The summed E-state index contributed by atoms with van der Waals surface area (Å²) in [5.74, 6) is 0.838. The van der Waals surface area contributed by atoms with Crippen molar-refractivity contribution >= 4 is 26.8 Å². The van der Waals surface area contributed by atoms with E-state index in [0.29, 0.717) is 13.0 Å². The zero-order chi connectivity index (χ0) is 22.8. The first-order valence-corrected chi connectivity index (χ1v) is 11.7. The van der Waals surface area contributed by atoms with Gasteiger partial charge in [0.05, 0.1) is 15.8 Å². The molecule has 172 valence electrons. The van der Waals surface area contributed by atoms with Crippen LogP contribution in [0.5, 0.6) is 0 Å². The van der Waals surface area contributed by atoms with Crippen molar-refractivity contribution in [1.29, 1.82) is 0 Å². The fraction of sp³-hybridized carbons (Fsp3) is 0.381. The van der Waals surface area contributed by atoms with E-state index >= 15 is 0 Å². The van der Waals surface area contributed by atoms with Crippen LogP contribution in [0.25, 0.3) is 11.0 Å². The maximum Gasteiger partial charge on any atom is 0.416 e. The van der Waals surface area contributed by atoms with E-state index in [9.17, 15) is 21.6 Å². The number of para-hydroxylation sites is 1. The molecule has 0 saturated carbocycles. The number of hydrogen-bond acceptors (Lipinski definition) is 6. The summed E-state index contributed by atoms with van der Waals surface area (Å²) in [5, 5.41) is 5.17. The van der Waals surface area contributed by atoms with Crippen molar-refractivity contribution in [3.8, 4) is 0 Å². The van der Waals surface area contributed by atoms with Crippen molar-refractivity contribution in [1.82, 2.24) is 14.8 Å². The average molecular weight is 469 g/mol. The lowest BCUT2D eigenvalue weighted by Gasteiger charge is -2.34. The minimum Gasteiger partial charge on any atom is -0.354 e. The van der Waals surface area contributed by atoms with Crippen LogP contribution in [0.2, 0.25) is 0 Å². The highest BCUT2D eigenvalue weighted by Gasteiger charge is 2.30. The summed E-state index contributed by atoms with van der Waals surface area (Å²) in [6, 6.07) is 11.2. The summed E-state index contributed by atoms with van der Waals surface area (Å²) < 4.78 is 70.3. The lowest BCUT2D eigenvalue weighted by molar-refractivity contribution is -0.137. The molecule has 7 nitrogen and oxygen atoms in total. The number of anilines is 1. The molecule has 1 aliphatic heterocycles. The Morgan fingerprint density at radius 3 is 2.38 bits per heavy atom. The van der Waals surface area contributed by atoms with Crippen molar-refractivity contribution in [2.45, 2.75) is 17.5 Å². The minimum atomic E-state index is -4.50. The molecule has 1 fully saturated rings. The van der Waals surface area contributed by atoms with Crippen LogP contribution < -0.4 is 9.62 Å². The van der Waals surface area contributed by atoms with Gasteiger partial charge in [0.2, 0.25) is 10.0 Å². The van der Waals surface area contributed by atoms with Crippen molar-refractivity contribution in [3.63, 3.8) is 0 Å². The van der Waals surface area contributed by atoms with E-state index in [1.165, 1.54) is 0 Å². The number of halogens is 3. The normalized spacial score (nSPS) is 16.0. The second-order valence-corrected chi connectivity index (χ2v) is 9.37. The van der Waals surface area contributed by atoms with Gasteiger partial charge in [0.15, 0.2) is 11.4 Å². The van der Waals surface area contributed by atoms with Crippen molar-refractivity contribution in [2.75, 3.05) is 44.2 Å². The number of nitrogens with one attached hydrogen (secondary N) is 1. The van der Waals surface area contributed by atoms with Crippen molar-refractivity contribution in [2.24, 2.45) is 0 Å². The van der Waals surface area contributed by atoms with Crippen LogP contribution in [-0.2, 0) is 16.2 Å². The maximum absolute atomic E-state index is 12.6. The van der Waals surface area contributed by atoms with Gasteiger partial charge in [0.25, 0.3) is 0 Å². The van der Waals surface area contributed by atoms with Crippen LogP contribution in [-0.4, -0.2) is 57.7 Å². The van der Waals surface area contributed by atoms with Crippen molar-refractivity contribution < 1.29 is 26.1 Å². The van der Waals surface area contributed by atoms with Gasteiger partial charge in [-0.15, -0.1) is 0 Å². The first-order valence-electron chi connectivity index (χ1n) is 10.2. The predicted molar refractivity (Wildman–Crippen MR) is 114 cm³/mol. The highest BCUT2D eigenvalue weighted by molar-refractivity contribution is 7.89. The topological polar surface area (TPSA) is 78.7 Å². The maximum atomic E-state index is 12.6. The van der Waals surface area contributed by atoms with Gasteiger partial charge in [-0.05, 0) is 49.4 Å². The third kappa shape index (κ3) is 5.05. The lowest BCUT2D eigenvalue weighted by atomic mass is 10.2. The van der Waals surface area contributed by atoms with Crippen LogP contribution in [0.15, 0.2) is 57.9 Å². The van der Waals surface area contributed by atoms with Crippen LogP contribution in [0, 0.1) is 0 Å². The average Bonchev–Trinajstić information content (AvgIpc) is 3.21. The molecule has 0 unspecified atom stereocenters. The number of fused-ring (bicyclic) bond motifs is 1. The molecule has 2 aromatic carbocycles. The Bertz CT molecular complexity index is 1150. The summed E-state index contributed by atoms with van der Waals surface area (Å²) in [6.07, 6.45) is -3.91. The molecule has 4 rings (SSSR count). The van der Waals surface area contributed by atoms with E-state index in [0.717, 1.165) is 67.2 Å². The first-order chi connectivity index (χ1) is 15.2. The summed E-state index contributed by atoms with van der Waals surface area (Å²) >= 11 is 0. The van der Waals surface area contributed by atoms with Gasteiger partial charge in [-0.25, -0.2) is 13.1 Å². The van der Waals surface area contributed by atoms with Gasteiger partial charge < -0.3 is 9.42 Å². The van der Waals surface area contributed by atoms with Crippen LogP contribution in [0.1, 0.15) is 12.0 Å². The summed E-state index contributed by atoms with van der Waals surface area (Å²) in [6.45, 7) is 4.11. The monoisotopic (exact) mass is 468 g/mol. The third-order valence-electron chi connectivity index (χ3n) is 5.47. The molecule has 0 aliphatic carbocycles. The predicted octanol–water partition coefficient (Wildman–Crippen LogP) is 3.34. The molecular weight excluding hydrogens is 445 g/mol. The Morgan fingerprint density at radius 1 is 1.00 bits per heavy atom. The molecule has 0 spiro atoms. The van der Waals surface area contributed by atoms with Crippen LogP contribution in [0.3, 0.4) is 0 Å². The van der Waals surface area contributed by atoms with E-state index in [2.05, 4.69) is 19.7 Å². The third-order valence-corrected chi connectivity index (χ3v) is 6.94. The zero-order valence-electron chi connectivity index (χ0n) is 17.2. The summed E-state index contributed by atoms with van der Waals surface area (Å²) in [4.78, 5) is 4.24. The highest BCUT2D eigenvalue weighted by Crippen LogP contribution is 2.30. The summed E-state index contributed by atoms with van der Waals surface area (Å²) in [7, 11) is -3.85. The molecule has 0 bridgehead atoms. The molecule has 1 saturated heterocycles. The number of hydrogen-bond donors (Lipinski definition) is 1. The fourth-order valence-corrected chi connectivity index (χ4v) is 4.77. The Morgan fingerprint density at radius 2 is 1.69 bits per heavy atom. The molecule has 1 aliphatic rings. The lowest BCUT2D eigenvalue weighted by Crippen LogP contribution is -2.47. The fourth-order valence-electron chi connectivity index (χ4n) is 3.70. The number of aromatic nitrogens is 1. The molecule has 0 atom stereocenters. The minimum absolute atomic E-state index is 0.182. The first kappa shape index (κ1) is 22.6. The SMILES string of the molecule is O=S(=O)(NCCCN1CCN(c2noc3ccccc23)CC1)c1ccc(C(F)(F)F)cc1. The Balaban J connectivity index is 1.22. The largest absolute Gasteiger partial charge is 0.416 e. The molecular formula is C21H23F3N4O3S. The zero-order valence-corrected chi connectivity index (χ0v) is 18.0. The second kappa shape index (κ2) is 9.08. The number of rotatable bonds is 7. The van der Waals surface area contributed by atoms with E-state index in [4.69, 9.17) is 4.52 Å². The molecule has 1 aromatic heterocycles. The smallest absolute Gasteiger partial charge is 0.354 e. The Hall–Kier alpha value is -2.63. The Kier molecular flexibility index (Phi) is 6.40. The van der Waals surface area contributed by atoms with E-state index < -0.39 is 21.8 Å². The van der Waals surface area contributed by atoms with E-state index in [1.807, 2.05) is 24.3 Å². The van der Waals surface area contributed by atoms with Gasteiger partial charge in [0.1, 0.15) is 0 Å². The van der Waals surface area contributed by atoms with E-state index in [1.54, 1.807) is 0 Å². The van der Waals surface area contributed by atoms with Crippen molar-refractivity contribution in [3.05, 3.63) is 54.1 Å². The van der Waals surface area contributed by atoms with Gasteiger partial charge in [0, 0.05) is 32.7 Å².